The molecule has 1 unspecified atom stereocenters. The van der Waals surface area contributed by atoms with E-state index < -0.39 is 12.1 Å². The van der Waals surface area contributed by atoms with E-state index in [9.17, 15) is 14.7 Å². The lowest BCUT2D eigenvalue weighted by Crippen LogP contribution is -2.29. The second kappa shape index (κ2) is 10.5. The lowest BCUT2D eigenvalue weighted by Gasteiger charge is -2.17. The van der Waals surface area contributed by atoms with E-state index in [0.717, 1.165) is 5.56 Å². The second-order valence-corrected chi connectivity index (χ2v) is 7.55. The molecular weight excluding hydrogens is 417 g/mol. The van der Waals surface area contributed by atoms with E-state index in [-0.39, 0.29) is 24.9 Å². The Morgan fingerprint density at radius 2 is 1.86 bits per heavy atom. The molecule has 0 aliphatic rings. The maximum atomic E-state index is 12.5. The highest BCUT2D eigenvalue weighted by Gasteiger charge is 2.21. The van der Waals surface area contributed by atoms with Crippen molar-refractivity contribution in [2.24, 2.45) is 0 Å². The fourth-order valence-electron chi connectivity index (χ4n) is 2.79. The molecule has 1 atom stereocenters. The van der Waals surface area contributed by atoms with E-state index >= 15 is 0 Å². The van der Waals surface area contributed by atoms with Crippen LogP contribution in [0.2, 0.25) is 10.0 Å². The van der Waals surface area contributed by atoms with E-state index in [1.54, 1.807) is 50.2 Å². The number of anilines is 1. The van der Waals surface area contributed by atoms with E-state index in [0.29, 0.717) is 27.0 Å². The predicted molar refractivity (Wildman–Crippen MR) is 113 cm³/mol. The predicted octanol–water partition coefficient (Wildman–Crippen LogP) is 4.60. The summed E-state index contributed by atoms with van der Waals surface area (Å²) in [4.78, 5) is 23.9. The van der Waals surface area contributed by atoms with Gasteiger partial charge in [-0.05, 0) is 43.7 Å². The molecule has 0 radical (unpaired) electrons. The number of methoxy groups -OCH3 is 1. The van der Waals surface area contributed by atoms with Gasteiger partial charge in [0.15, 0.2) is 6.10 Å². The van der Waals surface area contributed by atoms with Gasteiger partial charge >= 0.3 is 5.97 Å². The van der Waals surface area contributed by atoms with E-state index in [4.69, 9.17) is 32.7 Å². The minimum absolute atomic E-state index is 0.0265. The van der Waals surface area contributed by atoms with Crippen molar-refractivity contribution in [1.29, 1.82) is 0 Å². The molecular formula is C21H23Cl2NO5. The number of hydrogen-bond donors (Lipinski definition) is 2. The Hall–Kier alpha value is -2.28. The summed E-state index contributed by atoms with van der Waals surface area (Å²) in [5.74, 6) is -0.799. The summed E-state index contributed by atoms with van der Waals surface area (Å²) >= 11 is 12.0. The summed E-state index contributed by atoms with van der Waals surface area (Å²) in [5, 5.41) is 12.9. The molecule has 0 saturated heterocycles. The Balaban J connectivity index is 2.17. The van der Waals surface area contributed by atoms with Crippen LogP contribution in [0, 0.1) is 0 Å². The minimum Gasteiger partial charge on any atom is -0.496 e. The monoisotopic (exact) mass is 439 g/mol. The van der Waals surface area contributed by atoms with Gasteiger partial charge in [-0.25, -0.2) is 4.79 Å². The number of amides is 1. The third-order valence-electron chi connectivity index (χ3n) is 4.03. The molecule has 0 aromatic heterocycles. The number of ether oxygens (including phenoxy) is 2. The summed E-state index contributed by atoms with van der Waals surface area (Å²) in [6.07, 6.45) is -0.991. The Bertz CT molecular complexity index is 885. The molecule has 2 aromatic rings. The van der Waals surface area contributed by atoms with Crippen molar-refractivity contribution >= 4 is 40.8 Å². The number of hydrogen-bond acceptors (Lipinski definition) is 4. The third-order valence-corrected chi connectivity index (χ3v) is 4.58. The number of carboxylic acid groups (broad SMARTS) is 1. The first kappa shape index (κ1) is 23.0. The van der Waals surface area contributed by atoms with Gasteiger partial charge in [0.1, 0.15) is 5.75 Å². The Kier molecular flexibility index (Phi) is 8.32. The molecule has 0 spiro atoms. The first-order valence-corrected chi connectivity index (χ1v) is 9.74. The second-order valence-electron chi connectivity index (χ2n) is 6.71. The first-order valence-electron chi connectivity index (χ1n) is 8.98. The van der Waals surface area contributed by atoms with Crippen LogP contribution >= 0.6 is 23.2 Å². The van der Waals surface area contributed by atoms with Crippen LogP contribution in [0.15, 0.2) is 36.4 Å². The summed E-state index contributed by atoms with van der Waals surface area (Å²) in [5.41, 5.74) is 1.81. The molecule has 0 fully saturated rings. The van der Waals surface area contributed by atoms with Gasteiger partial charge in [0.25, 0.3) is 0 Å². The average Bonchev–Trinajstić information content (AvgIpc) is 2.63. The zero-order valence-electron chi connectivity index (χ0n) is 16.4. The number of nitrogens with one attached hydrogen (secondary N) is 1. The molecule has 8 heteroatoms. The van der Waals surface area contributed by atoms with E-state index in [1.807, 2.05) is 0 Å². The van der Waals surface area contributed by atoms with Crippen molar-refractivity contribution in [3.05, 3.63) is 57.6 Å². The number of aliphatic carboxylic acids is 1. The minimum atomic E-state index is -1.04. The van der Waals surface area contributed by atoms with Gasteiger partial charge < -0.3 is 19.9 Å². The SMILES string of the molecule is COc1ccc(CC(OC(C)C)C(=O)O)cc1CC(=O)Nc1ccc(Cl)cc1Cl. The van der Waals surface area contributed by atoms with Crippen molar-refractivity contribution in [3.63, 3.8) is 0 Å². The Morgan fingerprint density at radius 3 is 2.45 bits per heavy atom. The molecule has 0 aliphatic heterocycles. The number of carbonyl (C=O) groups is 2. The van der Waals surface area contributed by atoms with Crippen LogP contribution in [0.1, 0.15) is 25.0 Å². The fourth-order valence-corrected chi connectivity index (χ4v) is 3.25. The van der Waals surface area contributed by atoms with Gasteiger partial charge in [-0.1, -0.05) is 35.3 Å². The number of rotatable bonds is 9. The molecule has 1 amide bonds. The highest BCUT2D eigenvalue weighted by molar-refractivity contribution is 6.36. The van der Waals surface area contributed by atoms with Crippen LogP contribution in [0.4, 0.5) is 5.69 Å². The fraction of sp³-hybridized carbons (Fsp3) is 0.333. The molecule has 156 valence electrons. The van der Waals surface area contributed by atoms with Crippen LogP contribution in [0.25, 0.3) is 0 Å². The zero-order valence-corrected chi connectivity index (χ0v) is 17.9. The van der Waals surface area contributed by atoms with Crippen molar-refractivity contribution in [3.8, 4) is 5.75 Å². The largest absolute Gasteiger partial charge is 0.496 e. The molecule has 2 aromatic carbocycles. The van der Waals surface area contributed by atoms with Crippen molar-refractivity contribution < 1.29 is 24.2 Å². The molecule has 0 bridgehead atoms. The lowest BCUT2D eigenvalue weighted by molar-refractivity contribution is -0.153. The quantitative estimate of drug-likeness (QED) is 0.595. The van der Waals surface area contributed by atoms with Crippen LogP contribution < -0.4 is 10.1 Å². The van der Waals surface area contributed by atoms with Gasteiger partial charge in [-0.15, -0.1) is 0 Å². The number of carboxylic acids is 1. The highest BCUT2D eigenvalue weighted by Crippen LogP contribution is 2.26. The highest BCUT2D eigenvalue weighted by atomic mass is 35.5. The van der Waals surface area contributed by atoms with Crippen LogP contribution in [0.5, 0.6) is 5.75 Å². The van der Waals surface area contributed by atoms with E-state index in [2.05, 4.69) is 5.32 Å². The van der Waals surface area contributed by atoms with Gasteiger partial charge in [0.05, 0.1) is 30.3 Å². The first-order chi connectivity index (χ1) is 13.7. The van der Waals surface area contributed by atoms with Gasteiger partial charge in [-0.2, -0.15) is 0 Å². The van der Waals surface area contributed by atoms with Gasteiger partial charge in [0, 0.05) is 17.0 Å². The number of benzene rings is 2. The molecule has 6 nitrogen and oxygen atoms in total. The molecule has 2 rings (SSSR count). The Labute approximate surface area is 179 Å². The normalized spacial score (nSPS) is 11.9. The van der Waals surface area contributed by atoms with Crippen molar-refractivity contribution in [2.45, 2.75) is 38.9 Å². The van der Waals surface area contributed by atoms with Gasteiger partial charge in [-0.3, -0.25) is 4.79 Å². The van der Waals surface area contributed by atoms with Crippen LogP contribution in [0.3, 0.4) is 0 Å². The summed E-state index contributed by atoms with van der Waals surface area (Å²) in [6.45, 7) is 3.56. The van der Waals surface area contributed by atoms with Crippen LogP contribution in [-0.2, 0) is 27.2 Å². The van der Waals surface area contributed by atoms with Crippen molar-refractivity contribution in [1.82, 2.24) is 0 Å². The summed E-state index contributed by atoms with van der Waals surface area (Å²) in [6, 6.07) is 10.0. The lowest BCUT2D eigenvalue weighted by atomic mass is 10.0. The maximum absolute atomic E-state index is 12.5. The summed E-state index contributed by atoms with van der Waals surface area (Å²) < 4.78 is 10.8. The topological polar surface area (TPSA) is 84.9 Å². The molecule has 2 N–H and O–H groups in total. The zero-order chi connectivity index (χ0) is 21.6. The number of halogens is 2. The molecule has 0 aliphatic carbocycles. The standard InChI is InChI=1S/C21H23Cl2NO5/c1-12(2)29-19(21(26)27)9-13-4-7-18(28-3)14(8-13)10-20(25)24-17-6-5-15(22)11-16(17)23/h4-8,11-12,19H,9-10H2,1-3H3,(H,24,25)(H,26,27). The maximum Gasteiger partial charge on any atom is 0.333 e. The van der Waals surface area contributed by atoms with Crippen molar-refractivity contribution in [2.75, 3.05) is 12.4 Å². The Morgan fingerprint density at radius 1 is 1.14 bits per heavy atom. The molecule has 29 heavy (non-hydrogen) atoms. The third kappa shape index (κ3) is 6.92. The van der Waals surface area contributed by atoms with Gasteiger partial charge in [0.2, 0.25) is 5.91 Å². The smallest absolute Gasteiger partial charge is 0.333 e. The number of carbonyl (C=O) groups excluding carboxylic acids is 1. The van der Waals surface area contributed by atoms with Crippen LogP contribution in [-0.4, -0.2) is 36.3 Å². The molecule has 0 heterocycles. The van der Waals surface area contributed by atoms with E-state index in [1.165, 1.54) is 7.11 Å². The average molecular weight is 440 g/mol. The molecule has 0 saturated carbocycles. The summed E-state index contributed by atoms with van der Waals surface area (Å²) in [7, 11) is 1.51.